The van der Waals surface area contributed by atoms with Crippen molar-refractivity contribution < 1.29 is 4.39 Å². The van der Waals surface area contributed by atoms with Gasteiger partial charge >= 0.3 is 0 Å². The van der Waals surface area contributed by atoms with Gasteiger partial charge in [-0.1, -0.05) is 30.4 Å². The molecular weight excluding hydrogens is 309 g/mol. The number of benzene rings is 1. The minimum atomic E-state index is -0.141. The summed E-state index contributed by atoms with van der Waals surface area (Å²) in [6.45, 7) is 0. The molecule has 0 N–H and O–H groups in total. The molecule has 0 spiro atoms. The van der Waals surface area contributed by atoms with Crippen LogP contribution in [0.5, 0.6) is 0 Å². The summed E-state index contributed by atoms with van der Waals surface area (Å²) in [5, 5.41) is 8.62. The van der Waals surface area contributed by atoms with Gasteiger partial charge in [-0.05, 0) is 92.7 Å². The van der Waals surface area contributed by atoms with Crippen LogP contribution in [0.4, 0.5) is 4.39 Å². The van der Waals surface area contributed by atoms with Crippen molar-refractivity contribution >= 4 is 0 Å². The molecule has 2 saturated carbocycles. The molecule has 0 amide bonds. The van der Waals surface area contributed by atoms with Crippen LogP contribution in [0.2, 0.25) is 0 Å². The van der Waals surface area contributed by atoms with Crippen LogP contribution >= 0.6 is 0 Å². The van der Waals surface area contributed by atoms with Gasteiger partial charge in [-0.15, -0.1) is 0 Å². The van der Waals surface area contributed by atoms with Gasteiger partial charge in [0.15, 0.2) is 0 Å². The summed E-state index contributed by atoms with van der Waals surface area (Å²) in [4.78, 5) is 0. The molecule has 3 rings (SSSR count). The molecule has 0 radical (unpaired) electrons. The molecule has 2 fully saturated rings. The standard InChI is InChI=1S/C23H28FN/c24-23-15-13-22(14-16-23)21-11-9-20(10-12-21)8-7-19-5-3-18(4-6-19)2-1-17-25/h1-2,7-8,13-16,18-21H,3-6,9-12H2. The molecule has 0 atom stereocenters. The topological polar surface area (TPSA) is 23.8 Å². The summed E-state index contributed by atoms with van der Waals surface area (Å²) < 4.78 is 13.1. The molecule has 1 nitrogen and oxygen atoms in total. The second kappa shape index (κ2) is 8.99. The quantitative estimate of drug-likeness (QED) is 0.452. The van der Waals surface area contributed by atoms with Gasteiger partial charge in [-0.3, -0.25) is 0 Å². The molecule has 0 bridgehead atoms. The van der Waals surface area contributed by atoms with E-state index >= 15 is 0 Å². The first-order chi connectivity index (χ1) is 12.2. The van der Waals surface area contributed by atoms with Crippen LogP contribution in [-0.2, 0) is 0 Å². The Morgan fingerprint density at radius 3 is 1.76 bits per heavy atom. The molecule has 1 aromatic rings. The zero-order chi connectivity index (χ0) is 17.5. The van der Waals surface area contributed by atoms with E-state index in [1.807, 2.05) is 12.1 Å². The Morgan fingerprint density at radius 2 is 1.24 bits per heavy atom. The molecule has 0 aromatic heterocycles. The number of nitrogens with zero attached hydrogens (tertiary/aromatic N) is 1. The van der Waals surface area contributed by atoms with Crippen LogP contribution in [0, 0.1) is 34.9 Å². The number of nitriles is 1. The largest absolute Gasteiger partial charge is 0.207 e. The van der Waals surface area contributed by atoms with Gasteiger partial charge in [0.2, 0.25) is 0 Å². The molecule has 2 aliphatic rings. The molecule has 25 heavy (non-hydrogen) atoms. The lowest BCUT2D eigenvalue weighted by Gasteiger charge is -2.28. The summed E-state index contributed by atoms with van der Waals surface area (Å²) in [6.07, 6.45) is 18.5. The highest BCUT2D eigenvalue weighted by molar-refractivity contribution is 5.21. The summed E-state index contributed by atoms with van der Waals surface area (Å²) in [6, 6.07) is 9.18. The maximum absolute atomic E-state index is 13.1. The highest BCUT2D eigenvalue weighted by Gasteiger charge is 2.22. The minimum absolute atomic E-state index is 0.141. The zero-order valence-corrected chi connectivity index (χ0v) is 14.9. The van der Waals surface area contributed by atoms with Crippen LogP contribution in [0.25, 0.3) is 0 Å². The van der Waals surface area contributed by atoms with E-state index in [4.69, 9.17) is 5.26 Å². The van der Waals surface area contributed by atoms with Crippen molar-refractivity contribution in [3.8, 4) is 6.07 Å². The predicted molar refractivity (Wildman–Crippen MR) is 100 cm³/mol. The third-order valence-corrected chi connectivity index (χ3v) is 6.03. The molecule has 1 aromatic carbocycles. The van der Waals surface area contributed by atoms with Crippen molar-refractivity contribution in [2.75, 3.05) is 0 Å². The van der Waals surface area contributed by atoms with E-state index in [0.717, 1.165) is 5.92 Å². The highest BCUT2D eigenvalue weighted by atomic mass is 19.1. The minimum Gasteiger partial charge on any atom is -0.207 e. The SMILES string of the molecule is N#CC=CC1CCC(C=CC2CCC(c3ccc(F)cc3)CC2)CC1. The fourth-order valence-corrected chi connectivity index (χ4v) is 4.40. The van der Waals surface area contributed by atoms with Gasteiger partial charge in [0, 0.05) is 6.08 Å². The number of allylic oxidation sites excluding steroid dienone is 4. The van der Waals surface area contributed by atoms with Crippen molar-refractivity contribution in [1.82, 2.24) is 0 Å². The van der Waals surface area contributed by atoms with E-state index in [-0.39, 0.29) is 5.82 Å². The zero-order valence-electron chi connectivity index (χ0n) is 14.9. The second-order valence-electron chi connectivity index (χ2n) is 7.71. The Bertz CT molecular complexity index is 621. The average Bonchev–Trinajstić information content (AvgIpc) is 2.67. The number of rotatable bonds is 4. The first kappa shape index (κ1) is 17.9. The van der Waals surface area contributed by atoms with Crippen LogP contribution in [0.3, 0.4) is 0 Å². The molecule has 0 saturated heterocycles. The molecule has 132 valence electrons. The third-order valence-electron chi connectivity index (χ3n) is 6.03. The third kappa shape index (κ3) is 5.30. The summed E-state index contributed by atoms with van der Waals surface area (Å²) >= 11 is 0. The van der Waals surface area contributed by atoms with E-state index in [1.54, 1.807) is 18.2 Å². The van der Waals surface area contributed by atoms with Crippen molar-refractivity contribution in [2.45, 2.75) is 57.3 Å². The Labute approximate surface area is 151 Å². The van der Waals surface area contributed by atoms with Crippen LogP contribution in [0.1, 0.15) is 62.8 Å². The number of halogens is 1. The summed E-state index contributed by atoms with van der Waals surface area (Å²) in [7, 11) is 0. The summed E-state index contributed by atoms with van der Waals surface area (Å²) in [5.74, 6) is 2.51. The van der Waals surface area contributed by atoms with E-state index in [9.17, 15) is 4.39 Å². The average molecular weight is 337 g/mol. The molecule has 2 heteroatoms. The Kier molecular flexibility index (Phi) is 6.45. The van der Waals surface area contributed by atoms with Gasteiger partial charge in [-0.2, -0.15) is 5.26 Å². The van der Waals surface area contributed by atoms with Gasteiger partial charge in [-0.25, -0.2) is 4.39 Å². The monoisotopic (exact) mass is 337 g/mol. The molecule has 0 unspecified atom stereocenters. The first-order valence-corrected chi connectivity index (χ1v) is 9.74. The van der Waals surface area contributed by atoms with E-state index in [1.165, 1.54) is 56.9 Å². The lowest BCUT2D eigenvalue weighted by atomic mass is 9.77. The van der Waals surface area contributed by atoms with Crippen LogP contribution in [0.15, 0.2) is 48.6 Å². The first-order valence-electron chi connectivity index (χ1n) is 9.74. The van der Waals surface area contributed by atoms with E-state index < -0.39 is 0 Å². The smallest absolute Gasteiger partial charge is 0.123 e. The van der Waals surface area contributed by atoms with Crippen molar-refractivity contribution in [3.05, 3.63) is 60.0 Å². The fourth-order valence-electron chi connectivity index (χ4n) is 4.40. The maximum Gasteiger partial charge on any atom is 0.123 e. The predicted octanol–water partition coefficient (Wildman–Crippen LogP) is 6.54. The lowest BCUT2D eigenvalue weighted by molar-refractivity contribution is 0.348. The number of hydrogen-bond acceptors (Lipinski definition) is 1. The molecule has 2 aliphatic carbocycles. The maximum atomic E-state index is 13.1. The lowest BCUT2D eigenvalue weighted by Crippen LogP contribution is -2.14. The summed E-state index contributed by atoms with van der Waals surface area (Å²) in [5.41, 5.74) is 1.30. The van der Waals surface area contributed by atoms with Gasteiger partial charge in [0.05, 0.1) is 6.07 Å². The Morgan fingerprint density at radius 1 is 0.760 bits per heavy atom. The van der Waals surface area contributed by atoms with Gasteiger partial charge in [0.25, 0.3) is 0 Å². The second-order valence-corrected chi connectivity index (χ2v) is 7.71. The van der Waals surface area contributed by atoms with Crippen LogP contribution < -0.4 is 0 Å². The fraction of sp³-hybridized carbons (Fsp3) is 0.522. The Hall–Kier alpha value is -1.88. The van der Waals surface area contributed by atoms with E-state index in [2.05, 4.69) is 24.3 Å². The molecule has 0 aliphatic heterocycles. The van der Waals surface area contributed by atoms with Crippen LogP contribution in [-0.4, -0.2) is 0 Å². The normalized spacial score (nSPS) is 30.6. The molecule has 0 heterocycles. The van der Waals surface area contributed by atoms with Crippen molar-refractivity contribution in [1.29, 1.82) is 5.26 Å². The molecular formula is C23H28FN. The Balaban J connectivity index is 1.42. The van der Waals surface area contributed by atoms with E-state index in [0.29, 0.717) is 17.8 Å². The number of hydrogen-bond donors (Lipinski definition) is 0. The van der Waals surface area contributed by atoms with Gasteiger partial charge < -0.3 is 0 Å². The highest BCUT2D eigenvalue weighted by Crippen LogP contribution is 2.37. The van der Waals surface area contributed by atoms with Crippen molar-refractivity contribution in [2.24, 2.45) is 17.8 Å². The van der Waals surface area contributed by atoms with Crippen molar-refractivity contribution in [3.63, 3.8) is 0 Å². The van der Waals surface area contributed by atoms with Gasteiger partial charge in [0.1, 0.15) is 5.82 Å².